The van der Waals surface area contributed by atoms with Crippen LogP contribution >= 0.6 is 0 Å². The van der Waals surface area contributed by atoms with Gasteiger partial charge in [0.25, 0.3) is 0 Å². The van der Waals surface area contributed by atoms with Gasteiger partial charge in [0.05, 0.1) is 30.8 Å². The molecule has 44 heavy (non-hydrogen) atoms. The average Bonchev–Trinajstić information content (AvgIpc) is 3.32. The van der Waals surface area contributed by atoms with Crippen molar-refractivity contribution in [2.24, 2.45) is 18.7 Å². The summed E-state index contributed by atoms with van der Waals surface area (Å²) in [4.78, 5) is 36.7. The predicted octanol–water partition coefficient (Wildman–Crippen LogP) is 4.17. The van der Waals surface area contributed by atoms with Gasteiger partial charge in [-0.25, -0.2) is 9.78 Å². The Bertz CT molecular complexity index is 1420. The standard InChI is InChI=1S/C34H49N7O3/c1-23-11-12-26-27(18-23)28(31(29-20-36-22-39(29)8)37-30(42)21-38(6)7)19-25(10-9-13-35)24(2)32(26)40-14-16-41(17-15-40)33(43)44-34(3,4)5/h9-13,18-20,22,24,31-32H,14-17,21,35H2,1-8H3,(H,37,42)/b13-9-,25-10-/t24?,31-,32-/m1/s1. The van der Waals surface area contributed by atoms with E-state index in [1.54, 1.807) is 17.4 Å². The quantitative estimate of drug-likeness (QED) is 0.489. The van der Waals surface area contributed by atoms with Crippen molar-refractivity contribution >= 4 is 17.6 Å². The maximum absolute atomic E-state index is 13.3. The number of hydrogen-bond acceptors (Lipinski definition) is 7. The van der Waals surface area contributed by atoms with Crippen LogP contribution in [0, 0.1) is 12.8 Å². The number of piperazine rings is 1. The first-order chi connectivity index (χ1) is 20.8. The summed E-state index contributed by atoms with van der Waals surface area (Å²) in [6.45, 7) is 12.9. The van der Waals surface area contributed by atoms with Crippen LogP contribution in [0.15, 0.2) is 60.7 Å². The molecular weight excluding hydrogens is 554 g/mol. The number of allylic oxidation sites excluding steroid dienone is 3. The van der Waals surface area contributed by atoms with Crippen molar-refractivity contribution in [2.45, 2.75) is 52.3 Å². The lowest BCUT2D eigenvalue weighted by atomic mass is 9.85. The molecule has 10 nitrogen and oxygen atoms in total. The lowest BCUT2D eigenvalue weighted by molar-refractivity contribution is -0.122. The van der Waals surface area contributed by atoms with Crippen molar-refractivity contribution < 1.29 is 14.3 Å². The second-order valence-electron chi connectivity index (χ2n) is 13.1. The van der Waals surface area contributed by atoms with Crippen LogP contribution in [0.4, 0.5) is 4.79 Å². The van der Waals surface area contributed by atoms with Gasteiger partial charge in [-0.05, 0) is 76.3 Å². The van der Waals surface area contributed by atoms with E-state index in [9.17, 15) is 9.59 Å². The van der Waals surface area contributed by atoms with E-state index >= 15 is 0 Å². The Balaban J connectivity index is 1.80. The Hall–Kier alpha value is -3.89. The molecule has 0 spiro atoms. The van der Waals surface area contributed by atoms with Crippen molar-refractivity contribution in [1.82, 2.24) is 29.6 Å². The summed E-state index contributed by atoms with van der Waals surface area (Å²) >= 11 is 0. The van der Waals surface area contributed by atoms with Crippen LogP contribution in [-0.4, -0.2) is 88.7 Å². The first kappa shape index (κ1) is 33.0. The highest BCUT2D eigenvalue weighted by molar-refractivity contribution is 5.84. The van der Waals surface area contributed by atoms with E-state index in [4.69, 9.17) is 10.5 Å². The number of carbonyl (C=O) groups excluding carboxylic acids is 2. The number of fused-ring (bicyclic) bond motifs is 1. The number of hydrogen-bond donors (Lipinski definition) is 2. The fraction of sp³-hybridized carbons (Fsp3) is 0.500. The molecule has 3 N–H and O–H groups in total. The minimum atomic E-state index is -0.536. The first-order valence-corrected chi connectivity index (χ1v) is 15.3. The van der Waals surface area contributed by atoms with Crippen LogP contribution in [0.5, 0.6) is 0 Å². The molecule has 0 radical (unpaired) electrons. The van der Waals surface area contributed by atoms with Crippen molar-refractivity contribution in [1.29, 1.82) is 0 Å². The van der Waals surface area contributed by atoms with E-state index in [2.05, 4.69) is 59.4 Å². The molecule has 1 aliphatic heterocycles. The third-order valence-corrected chi connectivity index (χ3v) is 8.15. The van der Waals surface area contributed by atoms with E-state index in [0.29, 0.717) is 26.2 Å². The van der Waals surface area contributed by atoms with Crippen molar-refractivity contribution in [2.75, 3.05) is 46.8 Å². The molecule has 10 heteroatoms. The maximum atomic E-state index is 13.3. The molecule has 3 atom stereocenters. The minimum absolute atomic E-state index is 0.0298. The smallest absolute Gasteiger partial charge is 0.410 e. The molecule has 1 aromatic heterocycles. The van der Waals surface area contributed by atoms with Crippen molar-refractivity contribution in [3.8, 4) is 0 Å². The zero-order valence-corrected chi connectivity index (χ0v) is 27.5. The van der Waals surface area contributed by atoms with Crippen LogP contribution in [0.2, 0.25) is 0 Å². The van der Waals surface area contributed by atoms with E-state index in [1.807, 2.05) is 63.7 Å². The highest BCUT2D eigenvalue weighted by Gasteiger charge is 2.38. The summed E-state index contributed by atoms with van der Waals surface area (Å²) in [6.07, 6.45) is 11.0. The van der Waals surface area contributed by atoms with Gasteiger partial charge in [0.2, 0.25) is 5.91 Å². The highest BCUT2D eigenvalue weighted by atomic mass is 16.6. The molecule has 1 aromatic carbocycles. The average molecular weight is 604 g/mol. The number of rotatable bonds is 7. The largest absolute Gasteiger partial charge is 0.444 e. The Morgan fingerprint density at radius 1 is 1.20 bits per heavy atom. The number of aromatic nitrogens is 2. The molecular formula is C34H49N7O3. The molecule has 2 heterocycles. The minimum Gasteiger partial charge on any atom is -0.444 e. The second kappa shape index (κ2) is 13.8. The van der Waals surface area contributed by atoms with Gasteiger partial charge >= 0.3 is 6.09 Å². The van der Waals surface area contributed by atoms with Crippen molar-refractivity contribution in [3.05, 3.63) is 83.1 Å². The SMILES string of the molecule is Cc1ccc2c(c1)C([C@@H](NC(=O)CN(C)C)c1cncn1C)=C/C(=C/C=C\N)C(C)[C@H]2N1CCN(C(=O)OC(C)(C)C)CC1. The molecule has 1 unspecified atom stereocenters. The van der Waals surface area contributed by atoms with Gasteiger partial charge in [-0.3, -0.25) is 9.69 Å². The number of carbonyl (C=O) groups is 2. The normalized spacial score (nSPS) is 21.2. The molecule has 238 valence electrons. The summed E-state index contributed by atoms with van der Waals surface area (Å²) in [5, 5.41) is 3.32. The van der Waals surface area contributed by atoms with Gasteiger partial charge in [-0.2, -0.15) is 0 Å². The lowest BCUT2D eigenvalue weighted by Crippen LogP contribution is -2.51. The second-order valence-corrected chi connectivity index (χ2v) is 13.1. The molecule has 2 aromatic rings. The van der Waals surface area contributed by atoms with E-state index in [-0.39, 0.29) is 30.5 Å². The third-order valence-electron chi connectivity index (χ3n) is 8.15. The number of nitrogens with zero attached hydrogens (tertiary/aromatic N) is 5. The maximum Gasteiger partial charge on any atom is 0.410 e. The van der Waals surface area contributed by atoms with Gasteiger partial charge in [-0.15, -0.1) is 0 Å². The van der Waals surface area contributed by atoms with Gasteiger partial charge in [0.15, 0.2) is 0 Å². The number of nitrogens with one attached hydrogen (secondary N) is 1. The zero-order valence-electron chi connectivity index (χ0n) is 27.5. The Morgan fingerprint density at radius 2 is 1.91 bits per heavy atom. The Labute approximate surface area is 262 Å². The topological polar surface area (TPSA) is 109 Å². The third kappa shape index (κ3) is 7.78. The number of likely N-dealkylation sites (N-methyl/N-ethyl adjacent to an activating group) is 1. The van der Waals surface area contributed by atoms with Gasteiger partial charge in [-0.1, -0.05) is 42.8 Å². The highest BCUT2D eigenvalue weighted by Crippen LogP contribution is 2.45. The van der Waals surface area contributed by atoms with Crippen LogP contribution in [0.25, 0.3) is 5.57 Å². The van der Waals surface area contributed by atoms with Gasteiger partial charge < -0.3 is 30.2 Å². The molecule has 0 bridgehead atoms. The summed E-state index contributed by atoms with van der Waals surface area (Å²) in [5.74, 6) is 0.0127. The van der Waals surface area contributed by atoms with E-state index in [0.717, 1.165) is 28.0 Å². The van der Waals surface area contributed by atoms with Crippen LogP contribution in [-0.2, 0) is 16.6 Å². The number of benzene rings is 1. The summed E-state index contributed by atoms with van der Waals surface area (Å²) < 4.78 is 7.62. The molecule has 2 amide bonds. The monoisotopic (exact) mass is 603 g/mol. The lowest BCUT2D eigenvalue weighted by Gasteiger charge is -2.42. The Morgan fingerprint density at radius 3 is 2.50 bits per heavy atom. The molecule has 1 fully saturated rings. The van der Waals surface area contributed by atoms with E-state index in [1.165, 1.54) is 5.56 Å². The Kier molecular flexibility index (Phi) is 10.4. The number of ether oxygens (including phenoxy) is 1. The van der Waals surface area contributed by atoms with Gasteiger partial charge in [0, 0.05) is 45.2 Å². The number of aryl methyl sites for hydroxylation is 2. The zero-order chi connectivity index (χ0) is 32.2. The molecule has 1 saturated heterocycles. The van der Waals surface area contributed by atoms with Crippen molar-refractivity contribution in [3.63, 3.8) is 0 Å². The predicted molar refractivity (Wildman–Crippen MR) is 174 cm³/mol. The fourth-order valence-corrected chi connectivity index (χ4v) is 6.10. The van der Waals surface area contributed by atoms with Crippen LogP contribution in [0.1, 0.15) is 62.2 Å². The van der Waals surface area contributed by atoms with Crippen LogP contribution in [0.3, 0.4) is 0 Å². The number of amides is 2. The molecule has 2 aliphatic rings. The van der Waals surface area contributed by atoms with E-state index < -0.39 is 11.6 Å². The number of nitrogens with two attached hydrogens (primary N) is 1. The molecule has 1 aliphatic carbocycles. The first-order valence-electron chi connectivity index (χ1n) is 15.3. The van der Waals surface area contributed by atoms with Crippen LogP contribution < -0.4 is 11.1 Å². The van der Waals surface area contributed by atoms with Gasteiger partial charge in [0.1, 0.15) is 5.60 Å². The summed E-state index contributed by atoms with van der Waals surface area (Å²) in [7, 11) is 5.72. The molecule has 4 rings (SSSR count). The summed E-state index contributed by atoms with van der Waals surface area (Å²) in [5.41, 5.74) is 11.7. The molecule has 0 saturated carbocycles. The number of imidazole rings is 1. The summed E-state index contributed by atoms with van der Waals surface area (Å²) in [6, 6.07) is 6.20. The fourth-order valence-electron chi connectivity index (χ4n) is 6.10.